The minimum Gasteiger partial charge on any atom is -0.340 e. The Morgan fingerprint density at radius 3 is 2.64 bits per heavy atom. The van der Waals surface area contributed by atoms with Crippen molar-refractivity contribution in [3.8, 4) is 0 Å². The van der Waals surface area contributed by atoms with Crippen LogP contribution in [-0.2, 0) is 10.5 Å². The van der Waals surface area contributed by atoms with Crippen LogP contribution in [0.25, 0.3) is 0 Å². The third kappa shape index (κ3) is 5.11. The zero-order valence-electron chi connectivity index (χ0n) is 15.2. The van der Waals surface area contributed by atoms with Crippen molar-refractivity contribution in [2.75, 3.05) is 10.6 Å². The SMILES string of the molecule is CC(=O)Nc1ccc(NC(=O)c2ccccc2SCc2noc(C)n2)c(Cl)c1. The van der Waals surface area contributed by atoms with Gasteiger partial charge >= 0.3 is 0 Å². The molecule has 9 heteroatoms. The Morgan fingerprint density at radius 1 is 1.18 bits per heavy atom. The summed E-state index contributed by atoms with van der Waals surface area (Å²) in [5.41, 5.74) is 1.52. The van der Waals surface area contributed by atoms with Gasteiger partial charge in [-0.3, -0.25) is 9.59 Å². The minimum atomic E-state index is -0.290. The first-order valence-electron chi connectivity index (χ1n) is 8.32. The molecule has 2 N–H and O–H groups in total. The van der Waals surface area contributed by atoms with Crippen molar-refractivity contribution < 1.29 is 14.1 Å². The number of carbonyl (C=O) groups is 2. The Kier molecular flexibility index (Phi) is 6.33. The molecule has 3 rings (SSSR count). The zero-order valence-corrected chi connectivity index (χ0v) is 16.7. The van der Waals surface area contributed by atoms with Gasteiger partial charge in [0.1, 0.15) is 0 Å². The van der Waals surface area contributed by atoms with Gasteiger partial charge in [0.05, 0.1) is 22.0 Å². The summed E-state index contributed by atoms with van der Waals surface area (Å²) in [7, 11) is 0. The highest BCUT2D eigenvalue weighted by molar-refractivity contribution is 7.98. The highest BCUT2D eigenvalue weighted by Gasteiger charge is 2.14. The molecule has 0 bridgehead atoms. The molecule has 0 aliphatic rings. The molecule has 144 valence electrons. The summed E-state index contributed by atoms with van der Waals surface area (Å²) in [6.45, 7) is 3.14. The number of halogens is 1. The number of amides is 2. The minimum absolute atomic E-state index is 0.199. The monoisotopic (exact) mass is 416 g/mol. The lowest BCUT2D eigenvalue weighted by atomic mass is 10.2. The molecular weight excluding hydrogens is 400 g/mol. The molecule has 0 saturated carbocycles. The van der Waals surface area contributed by atoms with Crippen molar-refractivity contribution in [3.63, 3.8) is 0 Å². The number of thioether (sulfide) groups is 1. The van der Waals surface area contributed by atoms with Gasteiger partial charge < -0.3 is 15.2 Å². The first-order valence-corrected chi connectivity index (χ1v) is 9.68. The lowest BCUT2D eigenvalue weighted by Gasteiger charge is -2.11. The van der Waals surface area contributed by atoms with Crippen LogP contribution in [0.5, 0.6) is 0 Å². The van der Waals surface area contributed by atoms with Crippen molar-refractivity contribution in [1.82, 2.24) is 10.1 Å². The fourth-order valence-corrected chi connectivity index (χ4v) is 3.53. The number of hydrogen-bond donors (Lipinski definition) is 2. The van der Waals surface area contributed by atoms with Crippen molar-refractivity contribution in [3.05, 3.63) is 64.8 Å². The van der Waals surface area contributed by atoms with Crippen LogP contribution in [0.15, 0.2) is 51.9 Å². The van der Waals surface area contributed by atoms with E-state index >= 15 is 0 Å². The van der Waals surface area contributed by atoms with Gasteiger partial charge in [-0.05, 0) is 30.3 Å². The summed E-state index contributed by atoms with van der Waals surface area (Å²) in [5, 5.41) is 9.63. The summed E-state index contributed by atoms with van der Waals surface area (Å²) >= 11 is 7.67. The molecule has 0 atom stereocenters. The molecular formula is C19H17ClN4O3S. The summed E-state index contributed by atoms with van der Waals surface area (Å²) in [5.74, 6) is 1.05. The van der Waals surface area contributed by atoms with E-state index in [2.05, 4.69) is 20.8 Å². The van der Waals surface area contributed by atoms with Crippen LogP contribution in [0.4, 0.5) is 11.4 Å². The van der Waals surface area contributed by atoms with E-state index in [4.69, 9.17) is 16.1 Å². The quantitative estimate of drug-likeness (QED) is 0.573. The van der Waals surface area contributed by atoms with E-state index in [1.165, 1.54) is 18.7 Å². The smallest absolute Gasteiger partial charge is 0.256 e. The number of nitrogens with one attached hydrogen (secondary N) is 2. The molecule has 1 aromatic heterocycles. The number of benzene rings is 2. The van der Waals surface area contributed by atoms with Crippen LogP contribution in [0.3, 0.4) is 0 Å². The third-order valence-corrected chi connectivity index (χ3v) is 4.98. The Labute approximate surface area is 170 Å². The van der Waals surface area contributed by atoms with Gasteiger partial charge in [0, 0.05) is 24.4 Å². The van der Waals surface area contributed by atoms with Crippen LogP contribution < -0.4 is 10.6 Å². The van der Waals surface area contributed by atoms with Crippen LogP contribution in [0, 0.1) is 6.92 Å². The van der Waals surface area contributed by atoms with Crippen LogP contribution in [0.2, 0.25) is 5.02 Å². The summed E-state index contributed by atoms with van der Waals surface area (Å²) in [6, 6.07) is 12.1. The number of nitrogens with zero attached hydrogens (tertiary/aromatic N) is 2. The maximum Gasteiger partial charge on any atom is 0.256 e. The van der Waals surface area contributed by atoms with Gasteiger partial charge in [0.2, 0.25) is 11.8 Å². The Hall–Kier alpha value is -2.84. The van der Waals surface area contributed by atoms with Crippen LogP contribution in [0.1, 0.15) is 29.0 Å². The Morgan fingerprint density at radius 2 is 1.96 bits per heavy atom. The van der Waals surface area contributed by atoms with E-state index < -0.39 is 0 Å². The molecule has 2 aromatic carbocycles. The summed E-state index contributed by atoms with van der Waals surface area (Å²) < 4.78 is 4.96. The normalized spacial score (nSPS) is 10.5. The topological polar surface area (TPSA) is 97.1 Å². The average molecular weight is 417 g/mol. The van der Waals surface area contributed by atoms with Crippen molar-refractivity contribution in [2.45, 2.75) is 24.5 Å². The number of hydrogen-bond acceptors (Lipinski definition) is 6. The van der Waals surface area contributed by atoms with Gasteiger partial charge in [-0.25, -0.2) is 0 Å². The predicted octanol–water partition coefficient (Wildman–Crippen LogP) is 4.53. The van der Waals surface area contributed by atoms with E-state index in [9.17, 15) is 9.59 Å². The van der Waals surface area contributed by atoms with E-state index in [1.54, 1.807) is 37.3 Å². The summed E-state index contributed by atoms with van der Waals surface area (Å²) in [4.78, 5) is 28.8. The fraction of sp³-hybridized carbons (Fsp3) is 0.158. The first-order chi connectivity index (χ1) is 13.4. The molecule has 0 saturated heterocycles. The molecule has 0 fully saturated rings. The number of aromatic nitrogens is 2. The van der Waals surface area contributed by atoms with Crippen LogP contribution in [-0.4, -0.2) is 22.0 Å². The molecule has 1 heterocycles. The largest absolute Gasteiger partial charge is 0.340 e. The molecule has 3 aromatic rings. The number of carbonyl (C=O) groups excluding carboxylic acids is 2. The fourth-order valence-electron chi connectivity index (χ4n) is 2.41. The molecule has 0 radical (unpaired) electrons. The Balaban J connectivity index is 1.73. The summed E-state index contributed by atoms with van der Waals surface area (Å²) in [6.07, 6.45) is 0. The van der Waals surface area contributed by atoms with Gasteiger partial charge in [0.15, 0.2) is 5.82 Å². The molecule has 0 unspecified atom stereocenters. The van der Waals surface area contributed by atoms with E-state index in [0.717, 1.165) is 4.90 Å². The number of aryl methyl sites for hydroxylation is 1. The highest BCUT2D eigenvalue weighted by Crippen LogP contribution is 2.29. The van der Waals surface area contributed by atoms with Crippen molar-refractivity contribution in [2.24, 2.45) is 0 Å². The maximum absolute atomic E-state index is 12.8. The molecule has 0 aliphatic carbocycles. The second-order valence-electron chi connectivity index (χ2n) is 5.84. The molecule has 7 nitrogen and oxygen atoms in total. The van der Waals surface area contributed by atoms with Gasteiger partial charge in [0.25, 0.3) is 5.91 Å². The lowest BCUT2D eigenvalue weighted by Crippen LogP contribution is -2.13. The second-order valence-corrected chi connectivity index (χ2v) is 7.27. The Bertz CT molecular complexity index is 1020. The van der Waals surface area contributed by atoms with E-state index in [-0.39, 0.29) is 11.8 Å². The standard InChI is InChI=1S/C19H17ClN4O3S/c1-11(25)21-13-7-8-16(15(20)9-13)23-19(26)14-5-3-4-6-17(14)28-10-18-22-12(2)27-24-18/h3-9H,10H2,1-2H3,(H,21,25)(H,23,26). The third-order valence-electron chi connectivity index (χ3n) is 3.60. The maximum atomic E-state index is 12.8. The molecule has 28 heavy (non-hydrogen) atoms. The zero-order chi connectivity index (χ0) is 20.1. The molecule has 0 spiro atoms. The predicted molar refractivity (Wildman–Crippen MR) is 109 cm³/mol. The van der Waals surface area contributed by atoms with Crippen molar-refractivity contribution in [1.29, 1.82) is 0 Å². The van der Waals surface area contributed by atoms with E-state index in [0.29, 0.717) is 39.4 Å². The van der Waals surface area contributed by atoms with Gasteiger partial charge in [-0.15, -0.1) is 11.8 Å². The van der Waals surface area contributed by atoms with Crippen molar-refractivity contribution >= 4 is 46.6 Å². The number of rotatable bonds is 6. The van der Waals surface area contributed by atoms with Gasteiger partial charge in [-0.1, -0.05) is 28.9 Å². The first kappa shape index (κ1) is 19.9. The van der Waals surface area contributed by atoms with Crippen LogP contribution >= 0.6 is 23.4 Å². The highest BCUT2D eigenvalue weighted by atomic mass is 35.5. The average Bonchev–Trinajstić information content (AvgIpc) is 3.07. The molecule has 0 aliphatic heterocycles. The number of anilines is 2. The second kappa shape index (κ2) is 8.90. The molecule has 2 amide bonds. The lowest BCUT2D eigenvalue weighted by molar-refractivity contribution is -0.114. The van der Waals surface area contributed by atoms with E-state index in [1.807, 2.05) is 12.1 Å². The van der Waals surface area contributed by atoms with Gasteiger partial charge in [-0.2, -0.15) is 4.98 Å².